The highest BCUT2D eigenvalue weighted by Crippen LogP contribution is 2.30. The first kappa shape index (κ1) is 12.2. The van der Waals surface area contributed by atoms with E-state index < -0.39 is 0 Å². The predicted molar refractivity (Wildman–Crippen MR) is 79.7 cm³/mol. The normalized spacial score (nSPS) is 19.7. The minimum atomic E-state index is 0.553. The molecule has 0 spiro atoms. The van der Waals surface area contributed by atoms with Crippen molar-refractivity contribution in [2.75, 3.05) is 23.8 Å². The lowest BCUT2D eigenvalue weighted by Gasteiger charge is -2.35. The Morgan fingerprint density at radius 2 is 2.05 bits per heavy atom. The zero-order chi connectivity index (χ0) is 13.2. The number of piperidine rings is 1. The Bertz CT molecular complexity index is 581. The van der Waals surface area contributed by atoms with E-state index >= 15 is 0 Å². The Balaban J connectivity index is 2.14. The van der Waals surface area contributed by atoms with E-state index in [4.69, 9.17) is 4.98 Å². The van der Waals surface area contributed by atoms with Crippen molar-refractivity contribution < 1.29 is 0 Å². The quantitative estimate of drug-likeness (QED) is 0.896. The van der Waals surface area contributed by atoms with E-state index in [1.54, 1.807) is 0 Å². The molecule has 19 heavy (non-hydrogen) atoms. The smallest absolute Gasteiger partial charge is 0.224 e. The lowest BCUT2D eigenvalue weighted by Crippen LogP contribution is -2.38. The number of hydrogen-bond donors (Lipinski definition) is 1. The first-order valence-electron chi connectivity index (χ1n) is 7.01. The second-order valence-electron chi connectivity index (χ2n) is 5.18. The van der Waals surface area contributed by atoms with Gasteiger partial charge in [0.1, 0.15) is 5.82 Å². The monoisotopic (exact) mass is 256 g/mol. The zero-order valence-electron chi connectivity index (χ0n) is 11.6. The fourth-order valence-corrected chi connectivity index (χ4v) is 2.80. The Hall–Kier alpha value is -1.84. The van der Waals surface area contributed by atoms with Crippen molar-refractivity contribution in [2.24, 2.45) is 0 Å². The minimum Gasteiger partial charge on any atom is -0.357 e. The molecular weight excluding hydrogens is 236 g/mol. The van der Waals surface area contributed by atoms with E-state index in [0.29, 0.717) is 12.0 Å². The lowest BCUT2D eigenvalue weighted by atomic mass is 10.0. The van der Waals surface area contributed by atoms with Crippen molar-refractivity contribution in [2.45, 2.75) is 32.2 Å². The number of benzene rings is 1. The number of anilines is 2. The van der Waals surface area contributed by atoms with Crippen molar-refractivity contribution in [3.63, 3.8) is 0 Å². The molecule has 2 heterocycles. The predicted octanol–water partition coefficient (Wildman–Crippen LogP) is 3.05. The van der Waals surface area contributed by atoms with Crippen LogP contribution in [-0.2, 0) is 0 Å². The fraction of sp³-hybridized carbons (Fsp3) is 0.467. The summed E-state index contributed by atoms with van der Waals surface area (Å²) in [5, 5.41) is 4.21. The van der Waals surface area contributed by atoms with Crippen molar-refractivity contribution >= 4 is 22.7 Å². The maximum absolute atomic E-state index is 4.70. The van der Waals surface area contributed by atoms with Gasteiger partial charge in [0, 0.05) is 25.0 Å². The summed E-state index contributed by atoms with van der Waals surface area (Å²) in [4.78, 5) is 11.6. The average molecular weight is 256 g/mol. The highest BCUT2D eigenvalue weighted by atomic mass is 15.2. The molecule has 0 bridgehead atoms. The van der Waals surface area contributed by atoms with Crippen molar-refractivity contribution in [3.05, 3.63) is 24.3 Å². The first-order valence-corrected chi connectivity index (χ1v) is 7.01. The molecule has 1 aromatic carbocycles. The van der Waals surface area contributed by atoms with Gasteiger partial charge in [-0.15, -0.1) is 0 Å². The van der Waals surface area contributed by atoms with Crippen LogP contribution in [0, 0.1) is 0 Å². The Labute approximate surface area is 113 Å². The van der Waals surface area contributed by atoms with Crippen LogP contribution >= 0.6 is 0 Å². The summed E-state index contributed by atoms with van der Waals surface area (Å²) in [5.41, 5.74) is 1.01. The maximum atomic E-state index is 4.70. The van der Waals surface area contributed by atoms with E-state index in [1.807, 2.05) is 13.1 Å². The van der Waals surface area contributed by atoms with Crippen LogP contribution in [0.3, 0.4) is 0 Å². The lowest BCUT2D eigenvalue weighted by molar-refractivity contribution is 0.482. The van der Waals surface area contributed by atoms with Crippen LogP contribution in [0.2, 0.25) is 0 Å². The van der Waals surface area contributed by atoms with Gasteiger partial charge in [-0.1, -0.05) is 12.1 Å². The largest absolute Gasteiger partial charge is 0.357 e. The van der Waals surface area contributed by atoms with Crippen LogP contribution in [0.1, 0.15) is 26.2 Å². The van der Waals surface area contributed by atoms with E-state index in [0.717, 1.165) is 23.3 Å². The van der Waals surface area contributed by atoms with Gasteiger partial charge in [-0.2, -0.15) is 4.98 Å². The summed E-state index contributed by atoms with van der Waals surface area (Å²) in [6, 6.07) is 8.80. The molecule has 0 aliphatic carbocycles. The standard InChI is InChI=1S/C15H20N4/c1-11-7-5-6-10-19(11)14-12-8-3-4-9-13(12)17-15(16-2)18-14/h3-4,8-9,11H,5-7,10H2,1-2H3,(H,16,17,18). The van der Waals surface area contributed by atoms with Crippen molar-refractivity contribution in [1.82, 2.24) is 9.97 Å². The molecule has 0 saturated carbocycles. The van der Waals surface area contributed by atoms with E-state index in [2.05, 4.69) is 40.3 Å². The molecule has 4 nitrogen and oxygen atoms in total. The van der Waals surface area contributed by atoms with E-state index in [-0.39, 0.29) is 0 Å². The molecule has 1 fully saturated rings. The van der Waals surface area contributed by atoms with E-state index in [9.17, 15) is 0 Å². The van der Waals surface area contributed by atoms with Gasteiger partial charge in [-0.05, 0) is 38.3 Å². The molecule has 1 aromatic heterocycles. The number of fused-ring (bicyclic) bond motifs is 1. The summed E-state index contributed by atoms with van der Waals surface area (Å²) in [6.45, 7) is 3.38. The molecule has 1 aliphatic heterocycles. The third-order valence-electron chi connectivity index (χ3n) is 3.88. The van der Waals surface area contributed by atoms with Crippen LogP contribution < -0.4 is 10.2 Å². The van der Waals surface area contributed by atoms with Gasteiger partial charge < -0.3 is 10.2 Å². The fourth-order valence-electron chi connectivity index (χ4n) is 2.80. The van der Waals surface area contributed by atoms with Crippen LogP contribution in [0.25, 0.3) is 10.9 Å². The molecule has 1 unspecified atom stereocenters. The molecule has 1 atom stereocenters. The second-order valence-corrected chi connectivity index (χ2v) is 5.18. The molecule has 1 N–H and O–H groups in total. The molecule has 4 heteroatoms. The molecule has 1 aliphatic rings. The Morgan fingerprint density at radius 1 is 1.21 bits per heavy atom. The van der Waals surface area contributed by atoms with Gasteiger partial charge in [-0.25, -0.2) is 4.98 Å². The number of rotatable bonds is 2. The molecule has 100 valence electrons. The van der Waals surface area contributed by atoms with Crippen LogP contribution in [0.15, 0.2) is 24.3 Å². The third kappa shape index (κ3) is 2.23. The highest BCUT2D eigenvalue weighted by Gasteiger charge is 2.22. The SMILES string of the molecule is CNc1nc(N2CCCCC2C)c2ccccc2n1. The average Bonchev–Trinajstić information content (AvgIpc) is 2.46. The van der Waals surface area contributed by atoms with Gasteiger partial charge in [0.05, 0.1) is 5.52 Å². The molecule has 0 radical (unpaired) electrons. The summed E-state index contributed by atoms with van der Waals surface area (Å²) in [5.74, 6) is 1.77. The number of aromatic nitrogens is 2. The molecule has 3 rings (SSSR count). The molecule has 1 saturated heterocycles. The number of hydrogen-bond acceptors (Lipinski definition) is 4. The maximum Gasteiger partial charge on any atom is 0.224 e. The minimum absolute atomic E-state index is 0.553. The van der Waals surface area contributed by atoms with Crippen LogP contribution in [0.4, 0.5) is 11.8 Å². The molecule has 2 aromatic rings. The molecule has 0 amide bonds. The van der Waals surface area contributed by atoms with Gasteiger partial charge in [-0.3, -0.25) is 0 Å². The van der Waals surface area contributed by atoms with Gasteiger partial charge >= 0.3 is 0 Å². The summed E-state index contributed by atoms with van der Waals surface area (Å²) >= 11 is 0. The Kier molecular flexibility index (Phi) is 3.23. The van der Waals surface area contributed by atoms with Gasteiger partial charge in [0.2, 0.25) is 5.95 Å². The Morgan fingerprint density at radius 3 is 2.84 bits per heavy atom. The van der Waals surface area contributed by atoms with Crippen LogP contribution in [0.5, 0.6) is 0 Å². The first-order chi connectivity index (χ1) is 9.29. The topological polar surface area (TPSA) is 41.1 Å². The number of nitrogens with one attached hydrogen (secondary N) is 1. The van der Waals surface area contributed by atoms with Crippen LogP contribution in [-0.4, -0.2) is 29.6 Å². The molecular formula is C15H20N4. The van der Waals surface area contributed by atoms with Crippen molar-refractivity contribution in [1.29, 1.82) is 0 Å². The number of nitrogens with zero attached hydrogens (tertiary/aromatic N) is 3. The van der Waals surface area contributed by atoms with E-state index in [1.165, 1.54) is 19.3 Å². The summed E-state index contributed by atoms with van der Waals surface area (Å²) in [7, 11) is 1.87. The zero-order valence-corrected chi connectivity index (χ0v) is 11.6. The summed E-state index contributed by atoms with van der Waals surface area (Å²) in [6.07, 6.45) is 3.81. The second kappa shape index (κ2) is 5.03. The third-order valence-corrected chi connectivity index (χ3v) is 3.88. The van der Waals surface area contributed by atoms with Crippen molar-refractivity contribution in [3.8, 4) is 0 Å². The van der Waals surface area contributed by atoms with Gasteiger partial charge in [0.25, 0.3) is 0 Å². The summed E-state index contributed by atoms with van der Waals surface area (Å²) < 4.78 is 0. The highest BCUT2D eigenvalue weighted by molar-refractivity contribution is 5.90. The van der Waals surface area contributed by atoms with Gasteiger partial charge in [0.15, 0.2) is 0 Å². The number of para-hydroxylation sites is 1.